The Labute approximate surface area is 110 Å². The van der Waals surface area contributed by atoms with Gasteiger partial charge in [-0.1, -0.05) is 13.8 Å². The molecular formula is C14H26N2O2. The Hall–Kier alpha value is -1.06. The van der Waals surface area contributed by atoms with Crippen molar-refractivity contribution < 1.29 is 9.59 Å². The Morgan fingerprint density at radius 1 is 1.22 bits per heavy atom. The summed E-state index contributed by atoms with van der Waals surface area (Å²) in [6.07, 6.45) is 2.50. The zero-order chi connectivity index (χ0) is 13.9. The molecule has 1 atom stereocenters. The van der Waals surface area contributed by atoms with Crippen LogP contribution in [0, 0.1) is 5.92 Å². The van der Waals surface area contributed by atoms with Crippen LogP contribution in [0.2, 0.25) is 0 Å². The van der Waals surface area contributed by atoms with Crippen molar-refractivity contribution in [2.24, 2.45) is 5.92 Å². The molecule has 18 heavy (non-hydrogen) atoms. The van der Waals surface area contributed by atoms with Gasteiger partial charge in [-0.25, -0.2) is 0 Å². The van der Waals surface area contributed by atoms with E-state index in [1.807, 2.05) is 4.90 Å². The van der Waals surface area contributed by atoms with Crippen LogP contribution in [0.15, 0.2) is 0 Å². The number of hydrogen-bond acceptors (Lipinski definition) is 2. The summed E-state index contributed by atoms with van der Waals surface area (Å²) in [7, 11) is 0. The van der Waals surface area contributed by atoms with Crippen molar-refractivity contribution in [2.45, 2.75) is 65.5 Å². The van der Waals surface area contributed by atoms with Crippen LogP contribution in [0.3, 0.4) is 0 Å². The normalized spacial score (nSPS) is 21.8. The Balaban J connectivity index is 2.74. The molecule has 1 aliphatic rings. The molecule has 0 aliphatic carbocycles. The number of carbonyl (C=O) groups is 2. The molecule has 0 radical (unpaired) electrons. The standard InChI is InChI=1S/C14H26N2O2/c1-10(2)6-7-11(3)16-9-8-12(17)15-14(4,5)13(16)18/h10-11H,6-9H2,1-5H3,(H,15,17). The van der Waals surface area contributed by atoms with Crippen LogP contribution in [0.1, 0.15) is 53.9 Å². The minimum absolute atomic E-state index is 0.0320. The lowest BCUT2D eigenvalue weighted by molar-refractivity contribution is -0.139. The largest absolute Gasteiger partial charge is 0.342 e. The zero-order valence-corrected chi connectivity index (χ0v) is 12.2. The van der Waals surface area contributed by atoms with E-state index in [1.165, 1.54) is 0 Å². The highest BCUT2D eigenvalue weighted by Gasteiger charge is 2.37. The van der Waals surface area contributed by atoms with E-state index in [1.54, 1.807) is 13.8 Å². The molecule has 0 spiro atoms. The first-order valence-corrected chi connectivity index (χ1v) is 6.86. The van der Waals surface area contributed by atoms with Gasteiger partial charge in [0.2, 0.25) is 11.8 Å². The monoisotopic (exact) mass is 254 g/mol. The quantitative estimate of drug-likeness (QED) is 0.833. The summed E-state index contributed by atoms with van der Waals surface area (Å²) < 4.78 is 0. The predicted octanol–water partition coefficient (Wildman–Crippen LogP) is 1.94. The van der Waals surface area contributed by atoms with E-state index in [9.17, 15) is 9.59 Å². The zero-order valence-electron chi connectivity index (χ0n) is 12.2. The topological polar surface area (TPSA) is 49.4 Å². The summed E-state index contributed by atoms with van der Waals surface area (Å²) in [6, 6.07) is 0.201. The summed E-state index contributed by atoms with van der Waals surface area (Å²) in [5, 5.41) is 2.79. The highest BCUT2D eigenvalue weighted by Crippen LogP contribution is 2.19. The molecule has 1 aliphatic heterocycles. The number of hydrogen-bond donors (Lipinski definition) is 1. The Kier molecular flexibility index (Phi) is 4.77. The van der Waals surface area contributed by atoms with Crippen LogP contribution in [0.25, 0.3) is 0 Å². The van der Waals surface area contributed by atoms with Gasteiger partial charge in [0.25, 0.3) is 0 Å². The summed E-state index contributed by atoms with van der Waals surface area (Å²) >= 11 is 0. The maximum absolute atomic E-state index is 12.4. The molecule has 1 unspecified atom stereocenters. The minimum atomic E-state index is -0.778. The maximum atomic E-state index is 12.4. The van der Waals surface area contributed by atoms with E-state index in [4.69, 9.17) is 0 Å². The predicted molar refractivity (Wildman–Crippen MR) is 72.1 cm³/mol. The van der Waals surface area contributed by atoms with Crippen molar-refractivity contribution in [1.82, 2.24) is 10.2 Å². The molecule has 0 aromatic heterocycles. The van der Waals surface area contributed by atoms with Crippen LogP contribution in [-0.2, 0) is 9.59 Å². The lowest BCUT2D eigenvalue weighted by Gasteiger charge is -2.33. The fraction of sp³-hybridized carbons (Fsp3) is 0.857. The molecular weight excluding hydrogens is 228 g/mol. The van der Waals surface area contributed by atoms with Gasteiger partial charge < -0.3 is 10.2 Å². The molecule has 1 saturated heterocycles. The fourth-order valence-corrected chi connectivity index (χ4v) is 2.30. The molecule has 1 N–H and O–H groups in total. The van der Waals surface area contributed by atoms with Crippen molar-refractivity contribution in [3.63, 3.8) is 0 Å². The molecule has 0 aromatic carbocycles. The third kappa shape index (κ3) is 3.72. The number of amides is 2. The van der Waals surface area contributed by atoms with Crippen molar-refractivity contribution in [1.29, 1.82) is 0 Å². The third-order valence-electron chi connectivity index (χ3n) is 3.52. The lowest BCUT2D eigenvalue weighted by atomic mass is 10.00. The summed E-state index contributed by atoms with van der Waals surface area (Å²) in [6.45, 7) is 10.5. The van der Waals surface area contributed by atoms with Crippen LogP contribution < -0.4 is 5.32 Å². The molecule has 2 amide bonds. The Morgan fingerprint density at radius 2 is 1.83 bits per heavy atom. The van der Waals surface area contributed by atoms with E-state index < -0.39 is 5.54 Å². The van der Waals surface area contributed by atoms with E-state index in [0.717, 1.165) is 12.8 Å². The highest BCUT2D eigenvalue weighted by molar-refractivity contribution is 5.92. The number of carbonyl (C=O) groups excluding carboxylic acids is 2. The molecule has 1 fully saturated rings. The molecule has 1 rings (SSSR count). The van der Waals surface area contributed by atoms with Crippen molar-refractivity contribution in [3.8, 4) is 0 Å². The second kappa shape index (κ2) is 5.72. The van der Waals surface area contributed by atoms with Gasteiger partial charge in [-0.05, 0) is 39.5 Å². The summed E-state index contributed by atoms with van der Waals surface area (Å²) in [5.74, 6) is 0.638. The first kappa shape index (κ1) is 15.0. The van der Waals surface area contributed by atoms with Crippen LogP contribution in [-0.4, -0.2) is 34.8 Å². The molecule has 4 nitrogen and oxygen atoms in total. The van der Waals surface area contributed by atoms with Gasteiger partial charge >= 0.3 is 0 Å². The van der Waals surface area contributed by atoms with Gasteiger partial charge in [0.05, 0.1) is 0 Å². The highest BCUT2D eigenvalue weighted by atomic mass is 16.2. The van der Waals surface area contributed by atoms with E-state index in [-0.39, 0.29) is 17.9 Å². The summed E-state index contributed by atoms with van der Waals surface area (Å²) in [5.41, 5.74) is -0.778. The molecule has 0 aromatic rings. The second-order valence-electron chi connectivity index (χ2n) is 6.24. The van der Waals surface area contributed by atoms with E-state index >= 15 is 0 Å². The van der Waals surface area contributed by atoms with Crippen molar-refractivity contribution in [2.75, 3.05) is 6.54 Å². The number of rotatable bonds is 4. The van der Waals surface area contributed by atoms with E-state index in [0.29, 0.717) is 18.9 Å². The fourth-order valence-electron chi connectivity index (χ4n) is 2.30. The van der Waals surface area contributed by atoms with Gasteiger partial charge in [0.1, 0.15) is 5.54 Å². The van der Waals surface area contributed by atoms with Gasteiger partial charge in [-0.15, -0.1) is 0 Å². The van der Waals surface area contributed by atoms with Crippen LogP contribution in [0.5, 0.6) is 0 Å². The number of nitrogens with zero attached hydrogens (tertiary/aromatic N) is 1. The van der Waals surface area contributed by atoms with Gasteiger partial charge in [-0.2, -0.15) is 0 Å². The molecule has 104 valence electrons. The van der Waals surface area contributed by atoms with Crippen LogP contribution >= 0.6 is 0 Å². The van der Waals surface area contributed by atoms with Crippen molar-refractivity contribution >= 4 is 11.8 Å². The lowest BCUT2D eigenvalue weighted by Crippen LogP contribution is -2.54. The molecule has 1 heterocycles. The average Bonchev–Trinajstić information content (AvgIpc) is 2.34. The van der Waals surface area contributed by atoms with E-state index in [2.05, 4.69) is 26.1 Å². The third-order valence-corrected chi connectivity index (χ3v) is 3.52. The molecule has 4 heteroatoms. The molecule has 0 saturated carbocycles. The smallest absolute Gasteiger partial charge is 0.247 e. The molecule has 0 bridgehead atoms. The SMILES string of the molecule is CC(C)CCC(C)N1CCC(=O)NC(C)(C)C1=O. The first-order chi connectivity index (χ1) is 8.24. The minimum Gasteiger partial charge on any atom is -0.342 e. The van der Waals surface area contributed by atoms with Gasteiger partial charge in [-0.3, -0.25) is 9.59 Å². The van der Waals surface area contributed by atoms with Gasteiger partial charge in [0, 0.05) is 19.0 Å². The Bertz CT molecular complexity index is 324. The number of nitrogens with one attached hydrogen (secondary N) is 1. The van der Waals surface area contributed by atoms with Crippen LogP contribution in [0.4, 0.5) is 0 Å². The summed E-state index contributed by atoms with van der Waals surface area (Å²) in [4.78, 5) is 25.9. The first-order valence-electron chi connectivity index (χ1n) is 6.86. The van der Waals surface area contributed by atoms with Crippen molar-refractivity contribution in [3.05, 3.63) is 0 Å². The van der Waals surface area contributed by atoms with Gasteiger partial charge in [0.15, 0.2) is 0 Å². The maximum Gasteiger partial charge on any atom is 0.247 e. The Morgan fingerprint density at radius 3 is 2.39 bits per heavy atom. The second-order valence-corrected chi connectivity index (χ2v) is 6.24. The average molecular weight is 254 g/mol.